The molecule has 0 saturated heterocycles. The molecule has 0 aromatic heterocycles. The molecule has 0 aliphatic carbocycles. The molecular weight excluding hydrogens is 376 g/mol. The van der Waals surface area contributed by atoms with E-state index in [1.807, 2.05) is 32.0 Å². The Morgan fingerprint density at radius 3 is 2.50 bits per heavy atom. The third-order valence-corrected chi connectivity index (χ3v) is 4.24. The predicted octanol–water partition coefficient (Wildman–Crippen LogP) is 4.38. The zero-order valence-corrected chi connectivity index (χ0v) is 15.1. The summed E-state index contributed by atoms with van der Waals surface area (Å²) in [5.41, 5.74) is 2.62. The Kier molecular flexibility index (Phi) is 5.56. The number of hydrogen-bond donors (Lipinski definition) is 1. The largest absolute Gasteiger partial charge is 0.481 e. The van der Waals surface area contributed by atoms with Crippen LogP contribution in [0, 0.1) is 24.0 Å². The highest BCUT2D eigenvalue weighted by Crippen LogP contribution is 2.27. The van der Waals surface area contributed by atoms with E-state index < -0.39 is 11.0 Å². The normalized spacial score (nSPS) is 11.7. The van der Waals surface area contributed by atoms with Crippen molar-refractivity contribution in [3.63, 3.8) is 0 Å². The van der Waals surface area contributed by atoms with Crippen LogP contribution in [0.1, 0.15) is 18.1 Å². The van der Waals surface area contributed by atoms with Crippen molar-refractivity contribution >= 4 is 33.2 Å². The number of rotatable bonds is 5. The summed E-state index contributed by atoms with van der Waals surface area (Å²) in [4.78, 5) is 22.5. The third kappa shape index (κ3) is 4.32. The topological polar surface area (TPSA) is 81.5 Å². The summed E-state index contributed by atoms with van der Waals surface area (Å²) in [6, 6.07) is 9.76. The van der Waals surface area contributed by atoms with Crippen LogP contribution in [-0.4, -0.2) is 16.9 Å². The smallest absolute Gasteiger partial charge is 0.270 e. The number of nitrogens with zero attached hydrogens (tertiary/aromatic N) is 1. The molecule has 0 saturated carbocycles. The Labute approximate surface area is 148 Å². The van der Waals surface area contributed by atoms with Gasteiger partial charge in [0.2, 0.25) is 0 Å². The van der Waals surface area contributed by atoms with Gasteiger partial charge in [0.1, 0.15) is 5.75 Å². The van der Waals surface area contributed by atoms with E-state index in [4.69, 9.17) is 4.74 Å². The van der Waals surface area contributed by atoms with Crippen molar-refractivity contribution in [3.05, 3.63) is 62.1 Å². The van der Waals surface area contributed by atoms with Crippen molar-refractivity contribution in [1.82, 2.24) is 0 Å². The van der Waals surface area contributed by atoms with Gasteiger partial charge in [0.25, 0.3) is 11.6 Å². The van der Waals surface area contributed by atoms with Gasteiger partial charge in [0.15, 0.2) is 6.10 Å². The molecule has 126 valence electrons. The first-order valence-electron chi connectivity index (χ1n) is 7.26. The van der Waals surface area contributed by atoms with Crippen LogP contribution in [-0.2, 0) is 4.79 Å². The van der Waals surface area contributed by atoms with Gasteiger partial charge in [-0.1, -0.05) is 6.07 Å². The van der Waals surface area contributed by atoms with E-state index in [1.54, 1.807) is 6.92 Å². The van der Waals surface area contributed by atoms with E-state index >= 15 is 0 Å². The minimum Gasteiger partial charge on any atom is -0.481 e. The number of benzene rings is 2. The summed E-state index contributed by atoms with van der Waals surface area (Å²) in [5, 5.41) is 13.4. The van der Waals surface area contributed by atoms with Gasteiger partial charge in [-0.05, 0) is 66.0 Å². The van der Waals surface area contributed by atoms with Gasteiger partial charge < -0.3 is 10.1 Å². The number of nitro groups is 1. The molecule has 0 aliphatic heterocycles. The second-order valence-corrected chi connectivity index (χ2v) is 6.27. The van der Waals surface area contributed by atoms with Gasteiger partial charge in [-0.15, -0.1) is 0 Å². The lowest BCUT2D eigenvalue weighted by Gasteiger charge is -2.16. The molecule has 24 heavy (non-hydrogen) atoms. The van der Waals surface area contributed by atoms with E-state index in [2.05, 4.69) is 21.2 Å². The molecule has 7 heteroatoms. The molecule has 2 rings (SSSR count). The molecular formula is C17H17BrN2O4. The molecule has 1 unspecified atom stereocenters. The first-order valence-corrected chi connectivity index (χ1v) is 8.06. The number of aryl methyl sites for hydroxylation is 2. The molecule has 1 atom stereocenters. The lowest BCUT2D eigenvalue weighted by atomic mass is 10.1. The van der Waals surface area contributed by atoms with Crippen LogP contribution < -0.4 is 10.1 Å². The molecule has 2 aromatic carbocycles. The highest BCUT2D eigenvalue weighted by atomic mass is 79.9. The summed E-state index contributed by atoms with van der Waals surface area (Å²) in [5.74, 6) is 0.270. The number of hydrogen-bond acceptors (Lipinski definition) is 4. The van der Waals surface area contributed by atoms with E-state index in [0.717, 1.165) is 11.1 Å². The molecule has 0 heterocycles. The first-order chi connectivity index (χ1) is 11.3. The Morgan fingerprint density at radius 1 is 1.21 bits per heavy atom. The monoisotopic (exact) mass is 392 g/mol. The number of carbonyl (C=O) groups excluding carboxylic acids is 1. The maximum Gasteiger partial charge on any atom is 0.270 e. The van der Waals surface area contributed by atoms with Gasteiger partial charge in [-0.2, -0.15) is 0 Å². The van der Waals surface area contributed by atoms with Crippen LogP contribution in [0.5, 0.6) is 5.75 Å². The molecule has 1 amide bonds. The fraction of sp³-hybridized carbons (Fsp3) is 0.235. The average Bonchev–Trinajstić information content (AvgIpc) is 2.52. The minimum atomic E-state index is -0.714. The minimum absolute atomic E-state index is 0.0562. The van der Waals surface area contributed by atoms with Crippen LogP contribution in [0.4, 0.5) is 11.4 Å². The average molecular weight is 393 g/mol. The number of halogens is 1. The molecule has 1 N–H and O–H groups in total. The van der Waals surface area contributed by atoms with Gasteiger partial charge >= 0.3 is 0 Å². The summed E-state index contributed by atoms with van der Waals surface area (Å²) >= 11 is 3.22. The van der Waals surface area contributed by atoms with Gasteiger partial charge in [-0.25, -0.2) is 0 Å². The van der Waals surface area contributed by atoms with Crippen LogP contribution in [0.15, 0.2) is 40.9 Å². The number of ether oxygens (including phenoxy) is 1. The number of nitrogens with one attached hydrogen (secondary N) is 1. The fourth-order valence-electron chi connectivity index (χ4n) is 2.00. The first kappa shape index (κ1) is 17.9. The Hall–Kier alpha value is -2.41. The zero-order chi connectivity index (χ0) is 17.9. The third-order valence-electron chi connectivity index (χ3n) is 3.58. The van der Waals surface area contributed by atoms with Gasteiger partial charge in [-0.3, -0.25) is 14.9 Å². The summed E-state index contributed by atoms with van der Waals surface area (Å²) in [6.45, 7) is 5.62. The highest BCUT2D eigenvalue weighted by Gasteiger charge is 2.17. The predicted molar refractivity (Wildman–Crippen MR) is 95.4 cm³/mol. The number of non-ortho nitro benzene ring substituents is 1. The lowest BCUT2D eigenvalue weighted by molar-refractivity contribution is -0.384. The van der Waals surface area contributed by atoms with Crippen molar-refractivity contribution in [1.29, 1.82) is 0 Å². The Bertz CT molecular complexity index is 792. The van der Waals surface area contributed by atoms with Gasteiger partial charge in [0, 0.05) is 16.6 Å². The van der Waals surface area contributed by atoms with E-state index in [-0.39, 0.29) is 11.6 Å². The lowest BCUT2D eigenvalue weighted by Crippen LogP contribution is -2.30. The van der Waals surface area contributed by atoms with Crippen LogP contribution in [0.2, 0.25) is 0 Å². The quantitative estimate of drug-likeness (QED) is 0.604. The van der Waals surface area contributed by atoms with Crippen LogP contribution in [0.25, 0.3) is 0 Å². The van der Waals surface area contributed by atoms with Gasteiger partial charge in [0.05, 0.1) is 10.6 Å². The van der Waals surface area contributed by atoms with E-state index in [1.165, 1.54) is 18.2 Å². The SMILES string of the molecule is Cc1ccc(OC(C)C(=O)Nc2ccc([N+](=O)[O-])cc2Br)cc1C. The van der Waals surface area contributed by atoms with Crippen molar-refractivity contribution in [2.45, 2.75) is 26.9 Å². The number of nitro benzene ring substituents is 1. The van der Waals surface area contributed by atoms with E-state index in [0.29, 0.717) is 15.9 Å². The van der Waals surface area contributed by atoms with Crippen molar-refractivity contribution in [3.8, 4) is 5.75 Å². The maximum absolute atomic E-state index is 12.2. The molecule has 0 fully saturated rings. The molecule has 2 aromatic rings. The second kappa shape index (κ2) is 7.44. The highest BCUT2D eigenvalue weighted by molar-refractivity contribution is 9.10. The summed E-state index contributed by atoms with van der Waals surface area (Å²) < 4.78 is 6.08. The van der Waals surface area contributed by atoms with Crippen LogP contribution >= 0.6 is 15.9 Å². The fourth-order valence-corrected chi connectivity index (χ4v) is 2.46. The molecule has 0 aliphatic rings. The van der Waals surface area contributed by atoms with E-state index in [9.17, 15) is 14.9 Å². The number of amides is 1. The number of anilines is 1. The summed E-state index contributed by atoms with van der Waals surface area (Å²) in [7, 11) is 0. The summed E-state index contributed by atoms with van der Waals surface area (Å²) in [6.07, 6.45) is -0.714. The van der Waals surface area contributed by atoms with Crippen molar-refractivity contribution < 1.29 is 14.5 Å². The van der Waals surface area contributed by atoms with Crippen LogP contribution in [0.3, 0.4) is 0 Å². The maximum atomic E-state index is 12.2. The Balaban J connectivity index is 2.06. The molecule has 0 bridgehead atoms. The standard InChI is InChI=1S/C17H17BrN2O4/c1-10-4-6-14(8-11(10)2)24-12(3)17(21)19-16-7-5-13(20(22)23)9-15(16)18/h4-9,12H,1-3H3,(H,19,21). The number of carbonyl (C=O) groups is 1. The zero-order valence-electron chi connectivity index (χ0n) is 13.5. The molecule has 0 radical (unpaired) electrons. The Morgan fingerprint density at radius 2 is 1.92 bits per heavy atom. The molecule has 6 nitrogen and oxygen atoms in total. The van der Waals surface area contributed by atoms with Crippen molar-refractivity contribution in [2.75, 3.05) is 5.32 Å². The second-order valence-electron chi connectivity index (χ2n) is 5.42. The van der Waals surface area contributed by atoms with Crippen molar-refractivity contribution in [2.24, 2.45) is 0 Å². The molecule has 0 spiro atoms.